The fourth-order valence-electron chi connectivity index (χ4n) is 3.76. The van der Waals surface area contributed by atoms with Crippen LogP contribution in [0.2, 0.25) is 0 Å². The van der Waals surface area contributed by atoms with E-state index in [1.165, 1.54) is 11.6 Å². The number of fused-ring (bicyclic) bond motifs is 1. The maximum absolute atomic E-state index is 13.1. The van der Waals surface area contributed by atoms with Crippen molar-refractivity contribution >= 4 is 35.3 Å². The van der Waals surface area contributed by atoms with Gasteiger partial charge in [0, 0.05) is 32.0 Å². The number of allylic oxidation sites excluding steroid dienone is 2. The monoisotopic (exact) mass is 489 g/mol. The molecule has 0 radical (unpaired) electrons. The van der Waals surface area contributed by atoms with Crippen molar-refractivity contribution in [2.45, 2.75) is 52.5 Å². The number of anilines is 2. The summed E-state index contributed by atoms with van der Waals surface area (Å²) in [6, 6.07) is 7.31. The average molecular weight is 490 g/mol. The lowest BCUT2D eigenvalue weighted by atomic mass is 10.2. The van der Waals surface area contributed by atoms with Crippen molar-refractivity contribution in [2.75, 3.05) is 5.32 Å². The number of hydrogen-bond donors (Lipinski definition) is 2. The fraction of sp³-hybridized carbons (Fsp3) is 0.346. The number of aliphatic imine (C=N–C) groups is 1. The number of amides is 1. The normalized spacial score (nSPS) is 14.3. The number of carbonyl (C=O) groups excluding carboxylic acids is 1. The minimum Gasteiger partial charge on any atom is -0.458 e. The first-order valence-electron chi connectivity index (χ1n) is 11.9. The van der Waals surface area contributed by atoms with Crippen molar-refractivity contribution in [2.24, 2.45) is 12.0 Å². The minimum atomic E-state index is -0.251. The summed E-state index contributed by atoms with van der Waals surface area (Å²) in [4.78, 5) is 32.9. The van der Waals surface area contributed by atoms with E-state index in [0.717, 1.165) is 29.6 Å². The molecule has 2 aromatic heterocycles. The Morgan fingerprint density at radius 3 is 2.67 bits per heavy atom. The van der Waals surface area contributed by atoms with Gasteiger partial charge in [0.2, 0.25) is 11.9 Å². The van der Waals surface area contributed by atoms with E-state index in [1.54, 1.807) is 18.2 Å². The molecule has 2 N–H and O–H groups in total. The molecule has 2 heterocycles. The summed E-state index contributed by atoms with van der Waals surface area (Å²) in [5.74, 6) is 2.06. The van der Waals surface area contributed by atoms with E-state index in [-0.39, 0.29) is 17.5 Å². The van der Waals surface area contributed by atoms with Gasteiger partial charge in [-0.15, -0.1) is 0 Å². The summed E-state index contributed by atoms with van der Waals surface area (Å²) < 4.78 is 9.41. The lowest BCUT2D eigenvalue weighted by molar-refractivity contribution is -0.118. The first-order chi connectivity index (χ1) is 17.2. The third-order valence-corrected chi connectivity index (χ3v) is 5.81. The number of nitrogens with zero attached hydrogens (tertiary/aromatic N) is 5. The van der Waals surface area contributed by atoms with Crippen LogP contribution in [0, 0.1) is 0 Å². The van der Waals surface area contributed by atoms with Gasteiger partial charge in [-0.1, -0.05) is 0 Å². The van der Waals surface area contributed by atoms with Crippen LogP contribution in [0.4, 0.5) is 11.6 Å². The predicted molar refractivity (Wildman–Crippen MR) is 141 cm³/mol. The molecule has 1 aromatic carbocycles. The summed E-state index contributed by atoms with van der Waals surface area (Å²) in [7, 11) is 1.87. The molecule has 0 bridgehead atoms. The van der Waals surface area contributed by atoms with E-state index >= 15 is 0 Å². The van der Waals surface area contributed by atoms with E-state index in [1.807, 2.05) is 50.6 Å². The van der Waals surface area contributed by atoms with E-state index in [2.05, 4.69) is 32.4 Å². The number of carbonyl (C=O) groups is 1. The second kappa shape index (κ2) is 10.2. The molecule has 10 nitrogen and oxygen atoms in total. The molecule has 36 heavy (non-hydrogen) atoms. The minimum absolute atomic E-state index is 0.0470. The van der Waals surface area contributed by atoms with E-state index in [0.29, 0.717) is 34.9 Å². The molecule has 3 aromatic rings. The highest BCUT2D eigenvalue weighted by Crippen LogP contribution is 2.39. The van der Waals surface area contributed by atoms with Crippen LogP contribution in [0.25, 0.3) is 11.0 Å². The van der Waals surface area contributed by atoms with E-state index in [9.17, 15) is 9.59 Å². The number of benzene rings is 1. The van der Waals surface area contributed by atoms with Gasteiger partial charge >= 0.3 is 0 Å². The number of rotatable bonds is 9. The van der Waals surface area contributed by atoms with E-state index < -0.39 is 0 Å². The number of aryl methyl sites for hydroxylation is 1. The quantitative estimate of drug-likeness (QED) is 0.263. The van der Waals surface area contributed by atoms with Crippen molar-refractivity contribution in [1.29, 1.82) is 0 Å². The SMILES string of the molecule is C=N/C(=C\C(=C/C)Oc1ccc2nc(Nc3cc(C4CC4)nn(C(C)C)c3=O)n(C)c2c1)NC(C)=O. The number of aromatic nitrogens is 4. The number of imidazole rings is 1. The number of ether oxygens (including phenoxy) is 1. The molecule has 4 rings (SSSR count). The first kappa shape index (κ1) is 24.9. The maximum atomic E-state index is 13.1. The summed E-state index contributed by atoms with van der Waals surface area (Å²) in [6.45, 7) is 10.6. The van der Waals surface area contributed by atoms with Gasteiger partial charge in [0.05, 0.1) is 22.8 Å². The largest absolute Gasteiger partial charge is 0.458 e. The highest BCUT2D eigenvalue weighted by molar-refractivity contribution is 5.81. The van der Waals surface area contributed by atoms with Gasteiger partial charge in [-0.05, 0) is 64.6 Å². The Morgan fingerprint density at radius 2 is 2.06 bits per heavy atom. The van der Waals surface area contributed by atoms with E-state index in [4.69, 9.17) is 4.74 Å². The van der Waals surface area contributed by atoms with Gasteiger partial charge < -0.3 is 19.9 Å². The Balaban J connectivity index is 1.63. The summed E-state index contributed by atoms with van der Waals surface area (Å²) in [5.41, 5.74) is 2.77. The van der Waals surface area contributed by atoms with Crippen LogP contribution in [0.1, 0.15) is 58.2 Å². The molecule has 10 heteroatoms. The van der Waals surface area contributed by atoms with Crippen LogP contribution >= 0.6 is 0 Å². The Hall–Kier alpha value is -4.21. The Bertz CT molecular complexity index is 1440. The van der Waals surface area contributed by atoms with Gasteiger partial charge in [0.15, 0.2) is 0 Å². The van der Waals surface area contributed by atoms with Crippen molar-refractivity contribution < 1.29 is 9.53 Å². The molecular formula is C26H31N7O3. The zero-order valence-corrected chi connectivity index (χ0v) is 21.2. The second-order valence-corrected chi connectivity index (χ2v) is 9.03. The van der Waals surface area contributed by atoms with Gasteiger partial charge in [0.1, 0.15) is 23.0 Å². The van der Waals surface area contributed by atoms with Crippen molar-refractivity contribution in [1.82, 2.24) is 24.6 Å². The van der Waals surface area contributed by atoms with Crippen LogP contribution in [0.15, 0.2) is 57.8 Å². The molecule has 1 aliphatic carbocycles. The average Bonchev–Trinajstić information content (AvgIpc) is 3.64. The molecule has 1 aliphatic rings. The third-order valence-electron chi connectivity index (χ3n) is 5.81. The molecular weight excluding hydrogens is 458 g/mol. The topological polar surface area (TPSA) is 115 Å². The Kier molecular flexibility index (Phi) is 7.05. The fourth-order valence-corrected chi connectivity index (χ4v) is 3.76. The van der Waals surface area contributed by atoms with Crippen LogP contribution in [0.5, 0.6) is 5.75 Å². The highest BCUT2D eigenvalue weighted by Gasteiger charge is 2.27. The summed E-state index contributed by atoms with van der Waals surface area (Å²) in [5, 5.41) is 10.4. The molecule has 0 spiro atoms. The molecule has 1 fully saturated rings. The standard InChI is InChI=1S/C26H31N7O3/c1-7-18(13-24(27-5)28-16(4)34)36-19-10-11-20-23(12-19)32(6)26(29-20)30-22-14-21(17-8-9-17)31-33(15(2)3)25(22)35/h7,10-15,17H,5,8-9H2,1-4,6H3,(H,28,34)(H,29,30)/b18-7+,24-13+. The molecule has 0 aliphatic heterocycles. The zero-order valence-electron chi connectivity index (χ0n) is 21.2. The lowest BCUT2D eigenvalue weighted by Gasteiger charge is -2.14. The Morgan fingerprint density at radius 1 is 1.31 bits per heavy atom. The molecule has 0 atom stereocenters. The second-order valence-electron chi connectivity index (χ2n) is 9.03. The van der Waals surface area contributed by atoms with Gasteiger partial charge in [0.25, 0.3) is 5.56 Å². The molecule has 188 valence electrons. The van der Waals surface area contributed by atoms with Crippen LogP contribution in [0.3, 0.4) is 0 Å². The van der Waals surface area contributed by atoms with Gasteiger partial charge in [-0.25, -0.2) is 14.7 Å². The van der Waals surface area contributed by atoms with Gasteiger partial charge in [-0.3, -0.25) is 9.59 Å². The predicted octanol–water partition coefficient (Wildman–Crippen LogP) is 4.29. The first-order valence-corrected chi connectivity index (χ1v) is 11.9. The maximum Gasteiger partial charge on any atom is 0.290 e. The van der Waals surface area contributed by atoms with Crippen molar-refractivity contribution in [3.8, 4) is 5.75 Å². The highest BCUT2D eigenvalue weighted by atomic mass is 16.5. The van der Waals surface area contributed by atoms with Crippen LogP contribution in [-0.4, -0.2) is 32.0 Å². The third kappa shape index (κ3) is 5.37. The van der Waals surface area contributed by atoms with Crippen LogP contribution in [-0.2, 0) is 11.8 Å². The van der Waals surface area contributed by atoms with Crippen molar-refractivity contribution in [3.05, 3.63) is 64.0 Å². The molecule has 1 saturated carbocycles. The zero-order chi connectivity index (χ0) is 26.0. The summed E-state index contributed by atoms with van der Waals surface area (Å²) in [6.07, 6.45) is 5.54. The van der Waals surface area contributed by atoms with Crippen LogP contribution < -0.4 is 20.9 Å². The summed E-state index contributed by atoms with van der Waals surface area (Å²) >= 11 is 0. The number of nitrogens with one attached hydrogen (secondary N) is 2. The Labute approximate surface area is 209 Å². The van der Waals surface area contributed by atoms with Crippen molar-refractivity contribution in [3.63, 3.8) is 0 Å². The smallest absolute Gasteiger partial charge is 0.290 e. The van der Waals surface area contributed by atoms with Gasteiger partial charge in [-0.2, -0.15) is 5.10 Å². The number of hydrogen-bond acceptors (Lipinski definition) is 7. The molecule has 0 saturated heterocycles. The molecule has 1 amide bonds. The lowest BCUT2D eigenvalue weighted by Crippen LogP contribution is -2.28. The molecule has 0 unspecified atom stereocenters.